The Bertz CT molecular complexity index is 630. The highest BCUT2D eigenvalue weighted by atomic mass is 32.1. The van der Waals surface area contributed by atoms with E-state index >= 15 is 0 Å². The molecule has 2 aromatic rings. The van der Waals surface area contributed by atoms with E-state index in [4.69, 9.17) is 12.2 Å². The Morgan fingerprint density at radius 1 is 1.43 bits per heavy atom. The van der Waals surface area contributed by atoms with E-state index in [1.807, 2.05) is 24.0 Å². The average Bonchev–Trinajstić information content (AvgIpc) is 2.89. The first-order valence-electron chi connectivity index (χ1n) is 7.07. The number of hydrogen-bond donors (Lipinski definition) is 2. The van der Waals surface area contributed by atoms with Crippen LogP contribution >= 0.6 is 23.6 Å². The molecule has 0 radical (unpaired) electrons. The molecule has 0 spiro atoms. The van der Waals surface area contributed by atoms with Crippen molar-refractivity contribution in [2.75, 3.05) is 43.4 Å². The van der Waals surface area contributed by atoms with Crippen molar-refractivity contribution in [2.24, 2.45) is 0 Å². The summed E-state index contributed by atoms with van der Waals surface area (Å²) >= 11 is 6.88. The number of nitrogens with zero attached hydrogens (tertiary/aromatic N) is 3. The van der Waals surface area contributed by atoms with Gasteiger partial charge in [-0.15, -0.1) is 5.10 Å². The average molecular weight is 324 g/mol. The molecule has 1 saturated heterocycles. The molecule has 3 N–H and O–H groups in total. The van der Waals surface area contributed by atoms with Gasteiger partial charge >= 0.3 is 0 Å². The summed E-state index contributed by atoms with van der Waals surface area (Å²) in [7, 11) is 1.87. The molecular weight excluding hydrogens is 304 g/mol. The number of aromatic nitrogens is 3. The predicted molar refractivity (Wildman–Crippen MR) is 86.4 cm³/mol. The maximum atomic E-state index is 5.36. The molecule has 0 unspecified atom stereocenters. The van der Waals surface area contributed by atoms with Crippen molar-refractivity contribution in [2.45, 2.75) is 6.67 Å². The molecule has 0 atom stereocenters. The lowest BCUT2D eigenvalue weighted by Crippen LogP contribution is -3.14. The lowest BCUT2D eigenvalue weighted by atomic mass is 10.3. The van der Waals surface area contributed by atoms with Crippen LogP contribution < -0.4 is 20.1 Å². The third-order valence-electron chi connectivity index (χ3n) is 3.70. The van der Waals surface area contributed by atoms with Crippen LogP contribution in [0, 0.1) is 3.95 Å². The van der Waals surface area contributed by atoms with Gasteiger partial charge in [0.2, 0.25) is 5.13 Å². The predicted octanol–water partition coefficient (Wildman–Crippen LogP) is -0.108. The largest absolute Gasteiger partial charge is 0.363 e. The molecule has 1 aliphatic heterocycles. The molecule has 8 heteroatoms. The summed E-state index contributed by atoms with van der Waals surface area (Å²) in [5.74, 6) is 1.19. The van der Waals surface area contributed by atoms with Crippen molar-refractivity contribution >= 4 is 34.5 Å². The second kappa shape index (κ2) is 6.50. The Morgan fingerprint density at radius 3 is 2.86 bits per heavy atom. The van der Waals surface area contributed by atoms with Gasteiger partial charge in [0, 0.05) is 13.1 Å². The lowest BCUT2D eigenvalue weighted by Gasteiger charge is -2.27. The number of aromatic amines is 1. The van der Waals surface area contributed by atoms with E-state index in [9.17, 15) is 0 Å². The van der Waals surface area contributed by atoms with Crippen LogP contribution in [0.1, 0.15) is 0 Å². The Balaban J connectivity index is 1.58. The highest BCUT2D eigenvalue weighted by molar-refractivity contribution is 7.73. The Hall–Kier alpha value is -1.51. The van der Waals surface area contributed by atoms with Crippen LogP contribution in [0.5, 0.6) is 0 Å². The number of anilines is 2. The standard InChI is InChI=1S/C13H18N6S2/c1-14-12-16-19(13(20)21-12)10-17-6-8-18(9-7-17)11-4-2-3-5-15-11/h2-5H,6-10H2,1H3,(H,14,16)/p+2. The van der Waals surface area contributed by atoms with E-state index in [1.54, 1.807) is 0 Å². The molecular formula is C13H20N6S2+2. The summed E-state index contributed by atoms with van der Waals surface area (Å²) in [5, 5.41) is 8.42. The second-order valence-electron chi connectivity index (χ2n) is 5.07. The zero-order chi connectivity index (χ0) is 14.7. The van der Waals surface area contributed by atoms with Gasteiger partial charge in [-0.2, -0.15) is 4.68 Å². The molecule has 0 bridgehead atoms. The Labute approximate surface area is 133 Å². The molecule has 1 fully saturated rings. The molecule has 1 aliphatic rings. The van der Waals surface area contributed by atoms with Crippen LogP contribution in [0.2, 0.25) is 0 Å². The zero-order valence-corrected chi connectivity index (χ0v) is 13.6. The Kier molecular flexibility index (Phi) is 4.47. The molecule has 0 aromatic carbocycles. The van der Waals surface area contributed by atoms with Crippen molar-refractivity contribution in [1.82, 2.24) is 9.78 Å². The van der Waals surface area contributed by atoms with Crippen molar-refractivity contribution in [3.8, 4) is 0 Å². The van der Waals surface area contributed by atoms with Gasteiger partial charge < -0.3 is 10.2 Å². The van der Waals surface area contributed by atoms with Gasteiger partial charge in [-0.05, 0) is 18.3 Å². The lowest BCUT2D eigenvalue weighted by molar-refractivity contribution is -0.924. The first-order valence-corrected chi connectivity index (χ1v) is 8.29. The van der Waals surface area contributed by atoms with Gasteiger partial charge in [0.25, 0.3) is 5.82 Å². The van der Waals surface area contributed by atoms with Crippen molar-refractivity contribution in [1.29, 1.82) is 0 Å². The van der Waals surface area contributed by atoms with E-state index in [0.29, 0.717) is 0 Å². The first-order chi connectivity index (χ1) is 10.3. The van der Waals surface area contributed by atoms with Gasteiger partial charge in [-0.3, -0.25) is 4.90 Å². The molecule has 21 heavy (non-hydrogen) atoms. The molecule has 2 aromatic heterocycles. The maximum absolute atomic E-state index is 5.36. The summed E-state index contributed by atoms with van der Waals surface area (Å²) in [6.45, 7) is 5.13. The summed E-state index contributed by atoms with van der Waals surface area (Å²) in [6.07, 6.45) is 1.97. The van der Waals surface area contributed by atoms with Crippen LogP contribution in [-0.4, -0.2) is 43.0 Å². The summed E-state index contributed by atoms with van der Waals surface area (Å²) in [6, 6.07) is 6.20. The number of quaternary nitrogens is 1. The third-order valence-corrected chi connectivity index (χ3v) is 5.02. The van der Waals surface area contributed by atoms with Crippen LogP contribution in [0.25, 0.3) is 0 Å². The maximum Gasteiger partial charge on any atom is 0.274 e. The van der Waals surface area contributed by atoms with Gasteiger partial charge in [0.05, 0.1) is 6.20 Å². The van der Waals surface area contributed by atoms with E-state index in [0.717, 1.165) is 41.9 Å². The van der Waals surface area contributed by atoms with Gasteiger partial charge in [-0.1, -0.05) is 17.4 Å². The summed E-state index contributed by atoms with van der Waals surface area (Å²) in [4.78, 5) is 7.21. The fraction of sp³-hybridized carbons (Fsp3) is 0.462. The quantitative estimate of drug-likeness (QED) is 0.771. The van der Waals surface area contributed by atoms with E-state index in [-0.39, 0.29) is 0 Å². The molecule has 0 aliphatic carbocycles. The molecule has 0 saturated carbocycles. The normalized spacial score (nSPS) is 16.1. The molecule has 0 amide bonds. The topological polar surface area (TPSA) is 51.7 Å². The number of H-pyrrole nitrogens is 1. The van der Waals surface area contributed by atoms with E-state index in [1.165, 1.54) is 22.1 Å². The van der Waals surface area contributed by atoms with Gasteiger partial charge in [0.15, 0.2) is 10.6 Å². The van der Waals surface area contributed by atoms with Crippen molar-refractivity contribution in [3.05, 3.63) is 28.4 Å². The number of piperazine rings is 1. The van der Waals surface area contributed by atoms with Crippen LogP contribution in [0.4, 0.5) is 10.9 Å². The van der Waals surface area contributed by atoms with Crippen molar-refractivity contribution in [3.63, 3.8) is 0 Å². The minimum absolute atomic E-state index is 0.839. The Morgan fingerprint density at radius 2 is 2.24 bits per heavy atom. The SMILES string of the molecule is CNc1nn(C[NH+]2CCN(c3cccc[nH+]3)CC2)c(=S)s1. The molecule has 6 nitrogen and oxygen atoms in total. The number of rotatable bonds is 4. The summed E-state index contributed by atoms with van der Waals surface area (Å²) in [5.41, 5.74) is 0. The molecule has 112 valence electrons. The number of pyridine rings is 1. The zero-order valence-electron chi connectivity index (χ0n) is 12.0. The minimum atomic E-state index is 0.839. The van der Waals surface area contributed by atoms with Crippen LogP contribution in [-0.2, 0) is 6.67 Å². The smallest absolute Gasteiger partial charge is 0.274 e. The third kappa shape index (κ3) is 3.39. The minimum Gasteiger partial charge on any atom is -0.363 e. The van der Waals surface area contributed by atoms with E-state index in [2.05, 4.69) is 32.4 Å². The van der Waals surface area contributed by atoms with Crippen LogP contribution in [0.3, 0.4) is 0 Å². The van der Waals surface area contributed by atoms with Crippen molar-refractivity contribution < 1.29 is 9.88 Å². The first kappa shape index (κ1) is 14.4. The fourth-order valence-corrected chi connectivity index (χ4v) is 3.48. The van der Waals surface area contributed by atoms with Gasteiger partial charge in [-0.25, -0.2) is 4.98 Å². The number of nitrogens with one attached hydrogen (secondary N) is 3. The van der Waals surface area contributed by atoms with Gasteiger partial charge in [0.1, 0.15) is 26.2 Å². The fourth-order valence-electron chi connectivity index (χ4n) is 2.52. The highest BCUT2D eigenvalue weighted by Crippen LogP contribution is 2.12. The molecule has 3 heterocycles. The van der Waals surface area contributed by atoms with E-state index < -0.39 is 0 Å². The molecule has 3 rings (SSSR count). The summed E-state index contributed by atoms with van der Waals surface area (Å²) < 4.78 is 2.77. The highest BCUT2D eigenvalue weighted by Gasteiger charge is 2.26. The van der Waals surface area contributed by atoms with Crippen LogP contribution in [0.15, 0.2) is 24.4 Å². The number of hydrogen-bond acceptors (Lipinski definition) is 5. The second-order valence-corrected chi connectivity index (χ2v) is 6.69. The monoisotopic (exact) mass is 324 g/mol.